The second-order valence-electron chi connectivity index (χ2n) is 7.29. The summed E-state index contributed by atoms with van der Waals surface area (Å²) in [5, 5.41) is 2.66. The molecule has 2 aromatic carbocycles. The van der Waals surface area contributed by atoms with Gasteiger partial charge in [0.25, 0.3) is 0 Å². The summed E-state index contributed by atoms with van der Waals surface area (Å²) in [6.07, 6.45) is -1.14. The van der Waals surface area contributed by atoms with Gasteiger partial charge in [0.05, 0.1) is 5.02 Å². The molecule has 1 amide bonds. The molecule has 5 nitrogen and oxygen atoms in total. The lowest BCUT2D eigenvalue weighted by atomic mass is 9.95. The van der Waals surface area contributed by atoms with Crippen molar-refractivity contribution in [3.63, 3.8) is 0 Å². The summed E-state index contributed by atoms with van der Waals surface area (Å²) in [6.45, 7) is 6.76. The summed E-state index contributed by atoms with van der Waals surface area (Å²) < 4.78 is 18.9. The smallest absolute Gasteiger partial charge is 0.343 e. The number of hydrogen-bond donors (Lipinski definition) is 1. The molecule has 0 aliphatic rings. The molecule has 2 rings (SSSR count). The zero-order valence-corrected chi connectivity index (χ0v) is 16.8. The number of nitrogens with one attached hydrogen (secondary N) is 1. The highest BCUT2D eigenvalue weighted by Crippen LogP contribution is 2.22. The van der Waals surface area contributed by atoms with E-state index < -0.39 is 34.7 Å². The molecule has 0 aliphatic heterocycles. The van der Waals surface area contributed by atoms with E-state index in [2.05, 4.69) is 5.32 Å². The number of benzene rings is 2. The predicted octanol–water partition coefficient (Wildman–Crippen LogP) is 4.89. The Bertz CT molecular complexity index is 883. The number of carbonyl (C=O) groups excluding carboxylic acids is 3. The van der Waals surface area contributed by atoms with Gasteiger partial charge in [0.2, 0.25) is 11.7 Å². The van der Waals surface area contributed by atoms with Gasteiger partial charge in [-0.05, 0) is 43.3 Å². The van der Waals surface area contributed by atoms with Gasteiger partial charge in [-0.3, -0.25) is 9.59 Å². The van der Waals surface area contributed by atoms with Crippen LogP contribution in [0.1, 0.15) is 48.4 Å². The van der Waals surface area contributed by atoms with Gasteiger partial charge in [0.15, 0.2) is 6.10 Å². The molecule has 0 bridgehead atoms. The Kier molecular flexibility index (Phi) is 6.56. The minimum absolute atomic E-state index is 0.0939. The molecule has 0 fully saturated rings. The number of rotatable bonds is 5. The second-order valence-corrected chi connectivity index (χ2v) is 7.70. The Morgan fingerprint density at radius 3 is 2.21 bits per heavy atom. The van der Waals surface area contributed by atoms with Gasteiger partial charge in [0.1, 0.15) is 11.4 Å². The SMILES string of the molecule is C[C@H](OC(=O)c1c(F)cccc1Cl)C(=O)c1ccc(NC(=O)C(C)(C)C)cc1. The van der Waals surface area contributed by atoms with E-state index in [1.54, 1.807) is 32.9 Å². The number of Topliss-reactive ketones (excluding diaryl/α,β-unsaturated/α-hetero) is 1. The molecule has 2 aromatic rings. The van der Waals surface area contributed by atoms with Crippen molar-refractivity contribution >= 4 is 34.9 Å². The van der Waals surface area contributed by atoms with E-state index in [-0.39, 0.29) is 16.5 Å². The highest BCUT2D eigenvalue weighted by Gasteiger charge is 2.24. The first-order valence-corrected chi connectivity index (χ1v) is 8.99. The van der Waals surface area contributed by atoms with Crippen LogP contribution in [0, 0.1) is 11.2 Å². The fourth-order valence-corrected chi connectivity index (χ4v) is 2.48. The molecule has 148 valence electrons. The van der Waals surface area contributed by atoms with Crippen LogP contribution in [-0.2, 0) is 9.53 Å². The van der Waals surface area contributed by atoms with E-state index in [9.17, 15) is 18.8 Å². The summed E-state index contributed by atoms with van der Waals surface area (Å²) in [6, 6.07) is 10.0. The summed E-state index contributed by atoms with van der Waals surface area (Å²) >= 11 is 5.84. The van der Waals surface area contributed by atoms with Crippen LogP contribution >= 0.6 is 11.6 Å². The first kappa shape index (κ1) is 21.6. The average Bonchev–Trinajstić information content (AvgIpc) is 2.60. The number of halogens is 2. The third-order valence-corrected chi connectivity index (χ3v) is 4.24. The summed E-state index contributed by atoms with van der Waals surface area (Å²) in [4.78, 5) is 36.6. The lowest BCUT2D eigenvalue weighted by Crippen LogP contribution is -2.27. The molecular formula is C21H21ClFNO4. The molecule has 0 saturated carbocycles. The minimum atomic E-state index is -1.14. The molecule has 0 saturated heterocycles. The van der Waals surface area contributed by atoms with E-state index in [0.29, 0.717) is 5.69 Å². The normalized spacial score (nSPS) is 12.2. The van der Waals surface area contributed by atoms with Crippen molar-refractivity contribution in [2.75, 3.05) is 5.32 Å². The van der Waals surface area contributed by atoms with E-state index in [1.807, 2.05) is 0 Å². The summed E-state index contributed by atoms with van der Waals surface area (Å²) in [5.74, 6) is -2.46. The number of anilines is 1. The van der Waals surface area contributed by atoms with Crippen molar-refractivity contribution in [2.45, 2.75) is 33.8 Å². The van der Waals surface area contributed by atoms with Crippen molar-refractivity contribution in [3.8, 4) is 0 Å². The van der Waals surface area contributed by atoms with E-state index in [1.165, 1.54) is 31.2 Å². The number of esters is 1. The molecule has 0 aliphatic carbocycles. The molecule has 0 radical (unpaired) electrons. The maximum atomic E-state index is 13.8. The minimum Gasteiger partial charge on any atom is -0.451 e. The average molecular weight is 406 g/mol. The first-order valence-electron chi connectivity index (χ1n) is 8.61. The van der Waals surface area contributed by atoms with Gasteiger partial charge in [-0.2, -0.15) is 0 Å². The van der Waals surface area contributed by atoms with Crippen molar-refractivity contribution in [1.82, 2.24) is 0 Å². The Balaban J connectivity index is 2.07. The van der Waals surface area contributed by atoms with Crippen LogP contribution in [0.25, 0.3) is 0 Å². The van der Waals surface area contributed by atoms with Gasteiger partial charge in [-0.15, -0.1) is 0 Å². The number of hydrogen-bond acceptors (Lipinski definition) is 4. The van der Waals surface area contributed by atoms with Crippen LogP contribution < -0.4 is 5.32 Å². The zero-order chi connectivity index (χ0) is 21.1. The standard InChI is InChI=1S/C21H21ClFNO4/c1-12(28-19(26)17-15(22)6-5-7-16(17)23)18(25)13-8-10-14(11-9-13)24-20(27)21(2,3)4/h5-12H,1-4H3,(H,24,27)/t12-/m0/s1. The zero-order valence-electron chi connectivity index (χ0n) is 16.0. The van der Waals surface area contributed by atoms with Crippen molar-refractivity contribution in [2.24, 2.45) is 5.41 Å². The fraction of sp³-hybridized carbons (Fsp3) is 0.286. The Morgan fingerprint density at radius 2 is 1.68 bits per heavy atom. The maximum absolute atomic E-state index is 13.8. The molecule has 28 heavy (non-hydrogen) atoms. The molecule has 0 spiro atoms. The Hall–Kier alpha value is -2.73. The van der Waals surface area contributed by atoms with Gasteiger partial charge in [0, 0.05) is 16.7 Å². The predicted molar refractivity (Wildman–Crippen MR) is 105 cm³/mol. The number of ketones is 1. The summed E-state index contributed by atoms with van der Waals surface area (Å²) in [7, 11) is 0. The molecule has 1 N–H and O–H groups in total. The number of carbonyl (C=O) groups is 3. The highest BCUT2D eigenvalue weighted by molar-refractivity contribution is 6.33. The lowest BCUT2D eigenvalue weighted by Gasteiger charge is -2.18. The number of amides is 1. The van der Waals surface area contributed by atoms with Crippen LogP contribution in [0.5, 0.6) is 0 Å². The monoisotopic (exact) mass is 405 g/mol. The fourth-order valence-electron chi connectivity index (χ4n) is 2.24. The van der Waals surface area contributed by atoms with Crippen LogP contribution in [0.15, 0.2) is 42.5 Å². The maximum Gasteiger partial charge on any atom is 0.343 e. The van der Waals surface area contributed by atoms with E-state index >= 15 is 0 Å². The third kappa shape index (κ3) is 5.16. The van der Waals surface area contributed by atoms with Crippen LogP contribution in [0.4, 0.5) is 10.1 Å². The first-order chi connectivity index (χ1) is 13.0. The molecule has 0 heterocycles. The van der Waals surface area contributed by atoms with Gasteiger partial charge >= 0.3 is 5.97 Å². The third-order valence-electron chi connectivity index (χ3n) is 3.93. The van der Waals surface area contributed by atoms with Gasteiger partial charge < -0.3 is 10.1 Å². The second kappa shape index (κ2) is 8.52. The topological polar surface area (TPSA) is 72.5 Å². The van der Waals surface area contributed by atoms with Crippen molar-refractivity contribution in [1.29, 1.82) is 0 Å². The molecule has 7 heteroatoms. The molecule has 0 aromatic heterocycles. The van der Waals surface area contributed by atoms with Crippen LogP contribution in [0.2, 0.25) is 5.02 Å². The Labute approximate surface area is 167 Å². The lowest BCUT2D eigenvalue weighted by molar-refractivity contribution is -0.123. The quantitative estimate of drug-likeness (QED) is 0.567. The van der Waals surface area contributed by atoms with Crippen LogP contribution in [0.3, 0.4) is 0 Å². The molecular weight excluding hydrogens is 385 g/mol. The van der Waals surface area contributed by atoms with Crippen molar-refractivity contribution in [3.05, 3.63) is 64.4 Å². The van der Waals surface area contributed by atoms with Gasteiger partial charge in [-0.1, -0.05) is 38.4 Å². The molecule has 1 atom stereocenters. The highest BCUT2D eigenvalue weighted by atomic mass is 35.5. The number of ether oxygens (including phenoxy) is 1. The van der Waals surface area contributed by atoms with Crippen LogP contribution in [-0.4, -0.2) is 23.8 Å². The Morgan fingerprint density at radius 1 is 1.07 bits per heavy atom. The molecule has 0 unspecified atom stereocenters. The van der Waals surface area contributed by atoms with E-state index in [0.717, 1.165) is 6.07 Å². The van der Waals surface area contributed by atoms with E-state index in [4.69, 9.17) is 16.3 Å². The van der Waals surface area contributed by atoms with Crippen molar-refractivity contribution < 1.29 is 23.5 Å². The largest absolute Gasteiger partial charge is 0.451 e. The van der Waals surface area contributed by atoms with Gasteiger partial charge in [-0.25, -0.2) is 9.18 Å². The summed E-state index contributed by atoms with van der Waals surface area (Å²) in [5.41, 5.74) is -0.137.